The summed E-state index contributed by atoms with van der Waals surface area (Å²) in [5, 5.41) is 4.44. The van der Waals surface area contributed by atoms with Gasteiger partial charge in [-0.1, -0.05) is 41.6 Å². The van der Waals surface area contributed by atoms with E-state index < -0.39 is 0 Å². The summed E-state index contributed by atoms with van der Waals surface area (Å²) in [5.74, 6) is 0.998. The van der Waals surface area contributed by atoms with E-state index in [-0.39, 0.29) is 0 Å². The molecule has 0 nitrogen and oxygen atoms in total. The van der Waals surface area contributed by atoms with E-state index in [4.69, 9.17) is 0 Å². The van der Waals surface area contributed by atoms with Crippen molar-refractivity contribution in [1.82, 2.24) is 0 Å². The first kappa shape index (κ1) is 10.7. The van der Waals surface area contributed by atoms with Crippen molar-refractivity contribution in [3.63, 3.8) is 0 Å². The molecule has 1 aliphatic carbocycles. The first-order chi connectivity index (χ1) is 6.84. The van der Waals surface area contributed by atoms with Crippen molar-refractivity contribution in [1.29, 1.82) is 0 Å². The van der Waals surface area contributed by atoms with E-state index in [0.29, 0.717) is 4.83 Å². The van der Waals surface area contributed by atoms with Gasteiger partial charge in [0.2, 0.25) is 0 Å². The molecule has 1 aliphatic rings. The number of thiophene rings is 1. The van der Waals surface area contributed by atoms with E-state index in [9.17, 15) is 0 Å². The van der Waals surface area contributed by atoms with Crippen LogP contribution in [-0.4, -0.2) is 4.83 Å². The van der Waals surface area contributed by atoms with Crippen molar-refractivity contribution >= 4 is 27.3 Å². The lowest BCUT2D eigenvalue weighted by Crippen LogP contribution is -2.07. The lowest BCUT2D eigenvalue weighted by atomic mass is 9.99. The van der Waals surface area contributed by atoms with Gasteiger partial charge < -0.3 is 0 Å². The summed E-state index contributed by atoms with van der Waals surface area (Å²) in [4.78, 5) is 0.695. The normalized spacial score (nSPS) is 20.1. The second-order valence-corrected chi connectivity index (χ2v) is 6.39. The molecule has 0 radical (unpaired) electrons. The molecule has 1 aromatic heterocycles. The van der Waals surface area contributed by atoms with Crippen LogP contribution in [0.3, 0.4) is 0 Å². The molecule has 1 fully saturated rings. The van der Waals surface area contributed by atoms with Gasteiger partial charge in [-0.3, -0.25) is 0 Å². The standard InChI is InChI=1S/C12H17BrS/c13-12(7-10-3-1-2-4-10)8-11-5-6-14-9-11/h5-6,9-10,12H,1-4,7-8H2. The Morgan fingerprint density at radius 1 is 1.43 bits per heavy atom. The molecule has 0 spiro atoms. The third-order valence-electron chi connectivity index (χ3n) is 3.10. The van der Waals surface area contributed by atoms with E-state index >= 15 is 0 Å². The lowest BCUT2D eigenvalue weighted by Gasteiger charge is -2.13. The summed E-state index contributed by atoms with van der Waals surface area (Å²) in [6, 6.07) is 2.24. The number of rotatable bonds is 4. The highest BCUT2D eigenvalue weighted by atomic mass is 79.9. The maximum Gasteiger partial charge on any atom is 0.0189 e. The van der Waals surface area contributed by atoms with E-state index in [1.807, 2.05) is 0 Å². The van der Waals surface area contributed by atoms with Crippen LogP contribution in [-0.2, 0) is 6.42 Å². The predicted molar refractivity (Wildman–Crippen MR) is 67.3 cm³/mol. The summed E-state index contributed by atoms with van der Waals surface area (Å²) in [5.41, 5.74) is 1.50. The third kappa shape index (κ3) is 3.09. The SMILES string of the molecule is BrC(Cc1ccsc1)CC1CCCC1. The second kappa shape index (κ2) is 5.32. The minimum Gasteiger partial charge on any atom is -0.152 e. The molecular formula is C12H17BrS. The van der Waals surface area contributed by atoms with Gasteiger partial charge in [0, 0.05) is 4.83 Å². The van der Waals surface area contributed by atoms with E-state index in [1.54, 1.807) is 11.3 Å². The topological polar surface area (TPSA) is 0 Å². The van der Waals surface area contributed by atoms with E-state index in [0.717, 1.165) is 5.92 Å². The van der Waals surface area contributed by atoms with Crippen molar-refractivity contribution in [2.75, 3.05) is 0 Å². The van der Waals surface area contributed by atoms with Crippen LogP contribution in [0.1, 0.15) is 37.7 Å². The van der Waals surface area contributed by atoms with E-state index in [2.05, 4.69) is 32.8 Å². The van der Waals surface area contributed by atoms with Gasteiger partial charge in [0.25, 0.3) is 0 Å². The van der Waals surface area contributed by atoms with Gasteiger partial charge in [-0.2, -0.15) is 11.3 Å². The monoisotopic (exact) mass is 272 g/mol. The minimum absolute atomic E-state index is 0.695. The van der Waals surface area contributed by atoms with Gasteiger partial charge >= 0.3 is 0 Å². The predicted octanol–water partition coefficient (Wildman–Crippen LogP) is 4.63. The van der Waals surface area contributed by atoms with E-state index in [1.165, 1.54) is 44.1 Å². The number of hydrogen-bond acceptors (Lipinski definition) is 1. The molecule has 1 aromatic rings. The molecule has 14 heavy (non-hydrogen) atoms. The van der Waals surface area contributed by atoms with Crippen molar-refractivity contribution in [2.24, 2.45) is 5.92 Å². The Morgan fingerprint density at radius 3 is 2.86 bits per heavy atom. The van der Waals surface area contributed by atoms with Gasteiger partial charge in [0.1, 0.15) is 0 Å². The van der Waals surface area contributed by atoms with Crippen LogP contribution in [0, 0.1) is 5.92 Å². The summed E-state index contributed by atoms with van der Waals surface area (Å²) < 4.78 is 0. The minimum atomic E-state index is 0.695. The Balaban J connectivity index is 1.75. The molecule has 78 valence electrons. The average Bonchev–Trinajstić information content (AvgIpc) is 2.76. The summed E-state index contributed by atoms with van der Waals surface area (Å²) >= 11 is 5.62. The Bertz CT molecular complexity index is 249. The van der Waals surface area contributed by atoms with Crippen LogP contribution in [0.25, 0.3) is 0 Å². The lowest BCUT2D eigenvalue weighted by molar-refractivity contribution is 0.495. The van der Waals surface area contributed by atoms with Gasteiger partial charge in [-0.15, -0.1) is 0 Å². The molecule has 1 unspecified atom stereocenters. The quantitative estimate of drug-likeness (QED) is 0.701. The highest BCUT2D eigenvalue weighted by Crippen LogP contribution is 2.31. The summed E-state index contributed by atoms with van der Waals surface area (Å²) in [7, 11) is 0. The number of alkyl halides is 1. The maximum absolute atomic E-state index is 3.81. The van der Waals surface area contributed by atoms with Gasteiger partial charge in [0.15, 0.2) is 0 Å². The fraction of sp³-hybridized carbons (Fsp3) is 0.667. The first-order valence-electron chi connectivity index (χ1n) is 5.50. The number of hydrogen-bond donors (Lipinski definition) is 0. The maximum atomic E-state index is 3.81. The Morgan fingerprint density at radius 2 is 2.21 bits per heavy atom. The molecule has 1 atom stereocenters. The summed E-state index contributed by atoms with van der Waals surface area (Å²) in [6.07, 6.45) is 8.43. The average molecular weight is 273 g/mol. The number of halogens is 1. The fourth-order valence-electron chi connectivity index (χ4n) is 2.36. The molecular weight excluding hydrogens is 256 g/mol. The van der Waals surface area contributed by atoms with Crippen LogP contribution >= 0.6 is 27.3 Å². The Labute approximate surface area is 98.9 Å². The highest BCUT2D eigenvalue weighted by Gasteiger charge is 2.18. The smallest absolute Gasteiger partial charge is 0.0189 e. The molecule has 0 aromatic carbocycles. The van der Waals surface area contributed by atoms with Crippen LogP contribution in [0.2, 0.25) is 0 Å². The first-order valence-corrected chi connectivity index (χ1v) is 7.35. The zero-order valence-electron chi connectivity index (χ0n) is 8.42. The van der Waals surface area contributed by atoms with Gasteiger partial charge in [-0.05, 0) is 41.1 Å². The Hall–Kier alpha value is 0.180. The van der Waals surface area contributed by atoms with Crippen LogP contribution in [0.15, 0.2) is 16.8 Å². The molecule has 0 aliphatic heterocycles. The van der Waals surface area contributed by atoms with Crippen molar-refractivity contribution < 1.29 is 0 Å². The van der Waals surface area contributed by atoms with Crippen LogP contribution < -0.4 is 0 Å². The summed E-state index contributed by atoms with van der Waals surface area (Å²) in [6.45, 7) is 0. The van der Waals surface area contributed by atoms with Crippen molar-refractivity contribution in [3.05, 3.63) is 22.4 Å². The fourth-order valence-corrected chi connectivity index (χ4v) is 3.94. The zero-order chi connectivity index (χ0) is 9.80. The molecule has 0 amide bonds. The van der Waals surface area contributed by atoms with Crippen LogP contribution in [0.5, 0.6) is 0 Å². The molecule has 1 heterocycles. The molecule has 2 heteroatoms. The zero-order valence-corrected chi connectivity index (χ0v) is 10.8. The largest absolute Gasteiger partial charge is 0.152 e. The van der Waals surface area contributed by atoms with Crippen molar-refractivity contribution in [2.45, 2.75) is 43.4 Å². The molecule has 0 saturated heterocycles. The van der Waals surface area contributed by atoms with Crippen molar-refractivity contribution in [3.8, 4) is 0 Å². The van der Waals surface area contributed by atoms with Crippen LogP contribution in [0.4, 0.5) is 0 Å². The Kier molecular flexibility index (Phi) is 4.06. The van der Waals surface area contributed by atoms with Gasteiger partial charge in [-0.25, -0.2) is 0 Å². The van der Waals surface area contributed by atoms with Gasteiger partial charge in [0.05, 0.1) is 0 Å². The molecule has 0 N–H and O–H groups in total. The molecule has 0 bridgehead atoms. The molecule has 2 rings (SSSR count). The second-order valence-electron chi connectivity index (χ2n) is 4.32. The molecule has 1 saturated carbocycles. The third-order valence-corrected chi connectivity index (χ3v) is 4.53. The highest BCUT2D eigenvalue weighted by molar-refractivity contribution is 9.09.